The lowest BCUT2D eigenvalue weighted by molar-refractivity contribution is 0.326. The first-order valence-corrected chi connectivity index (χ1v) is 11.5. The summed E-state index contributed by atoms with van der Waals surface area (Å²) in [7, 11) is 1.35. The molecule has 0 amide bonds. The number of rotatable bonds is 7. The van der Waals surface area contributed by atoms with Gasteiger partial charge < -0.3 is 20.4 Å². The van der Waals surface area contributed by atoms with Crippen LogP contribution in [-0.4, -0.2) is 53.0 Å². The van der Waals surface area contributed by atoms with Gasteiger partial charge in [0.25, 0.3) is 0 Å². The molecule has 9 heteroatoms. The largest absolute Gasteiger partial charge is 0.493 e. The molecule has 1 aromatic carbocycles. The summed E-state index contributed by atoms with van der Waals surface area (Å²) < 4.78 is 35.7. The number of nitrogens with one attached hydrogen (secondary N) is 3. The van der Waals surface area contributed by atoms with Crippen molar-refractivity contribution in [3.63, 3.8) is 0 Å². The molecule has 1 saturated heterocycles. The summed E-state index contributed by atoms with van der Waals surface area (Å²) in [5, 5.41) is 12.0. The van der Waals surface area contributed by atoms with Gasteiger partial charge in [0.1, 0.15) is 11.5 Å². The Morgan fingerprint density at radius 1 is 1.28 bits per heavy atom. The molecule has 2 aromatic heterocycles. The summed E-state index contributed by atoms with van der Waals surface area (Å²) in [6.07, 6.45) is 10.6. The quantitative estimate of drug-likeness (QED) is 0.350. The second-order valence-electron chi connectivity index (χ2n) is 7.59. The Hall–Kier alpha value is -2.91. The molecular formula is C23H25F2N5OS. The third-order valence-electron chi connectivity index (χ3n) is 5.71. The minimum absolute atomic E-state index is 0.0289. The molecule has 3 N–H and O–H groups in total. The number of hydrogen-bond acceptors (Lipinski definition) is 6. The monoisotopic (exact) mass is 457 g/mol. The van der Waals surface area contributed by atoms with Crippen molar-refractivity contribution in [2.75, 3.05) is 26.5 Å². The van der Waals surface area contributed by atoms with Gasteiger partial charge in [0.2, 0.25) is 0 Å². The average molecular weight is 458 g/mol. The Kier molecular flexibility index (Phi) is 6.76. The number of halogens is 2. The molecule has 0 saturated carbocycles. The molecule has 168 valence electrons. The van der Waals surface area contributed by atoms with Crippen LogP contribution in [0.25, 0.3) is 27.7 Å². The van der Waals surface area contributed by atoms with Gasteiger partial charge in [-0.25, -0.2) is 13.8 Å². The van der Waals surface area contributed by atoms with Gasteiger partial charge in [-0.15, -0.1) is 0 Å². The Labute approximate surface area is 189 Å². The second-order valence-corrected chi connectivity index (χ2v) is 8.47. The maximum Gasteiger partial charge on any atom is 0.168 e. The number of H-pyrrole nitrogens is 1. The number of ether oxygens (including phenoxy) is 1. The van der Waals surface area contributed by atoms with Crippen LogP contribution in [0.2, 0.25) is 0 Å². The van der Waals surface area contributed by atoms with Crippen molar-refractivity contribution in [2.45, 2.75) is 18.9 Å². The lowest BCUT2D eigenvalue weighted by atomic mass is 10.0. The van der Waals surface area contributed by atoms with Gasteiger partial charge in [0.05, 0.1) is 7.11 Å². The fourth-order valence-corrected chi connectivity index (χ4v) is 4.55. The smallest absolute Gasteiger partial charge is 0.168 e. The van der Waals surface area contributed by atoms with Crippen molar-refractivity contribution in [1.29, 1.82) is 5.41 Å². The predicted octanol–water partition coefficient (Wildman–Crippen LogP) is 4.84. The molecule has 0 bridgehead atoms. The number of pyridine rings is 1. The standard InChI is InChI=1S/C23H25F2N5OS/c1-31-22-18(8-16(24)9-21(22)25)20-13-29-23-19(20)7-14(11-28-23)15(10-26)12-27-17-3-5-30(32-2)6-4-17/h7-13,17,26-27H,3-6H2,1-2H3,(H,28,29)/b15-12+,26-10?. The van der Waals surface area contributed by atoms with E-state index in [9.17, 15) is 8.78 Å². The zero-order valence-corrected chi connectivity index (χ0v) is 18.7. The van der Waals surface area contributed by atoms with Gasteiger partial charge >= 0.3 is 0 Å². The van der Waals surface area contributed by atoms with Crippen LogP contribution in [0.15, 0.2) is 36.8 Å². The number of benzene rings is 1. The van der Waals surface area contributed by atoms with E-state index in [4.69, 9.17) is 10.1 Å². The molecule has 32 heavy (non-hydrogen) atoms. The van der Waals surface area contributed by atoms with E-state index in [2.05, 4.69) is 25.8 Å². The topological polar surface area (TPSA) is 77.0 Å². The summed E-state index contributed by atoms with van der Waals surface area (Å²) in [4.78, 5) is 7.49. The number of methoxy groups -OCH3 is 1. The predicted molar refractivity (Wildman–Crippen MR) is 126 cm³/mol. The highest BCUT2D eigenvalue weighted by molar-refractivity contribution is 7.96. The number of nitrogens with zero attached hydrogens (tertiary/aromatic N) is 2. The van der Waals surface area contributed by atoms with E-state index >= 15 is 0 Å². The van der Waals surface area contributed by atoms with Gasteiger partial charge in [0.15, 0.2) is 11.6 Å². The van der Waals surface area contributed by atoms with Gasteiger partial charge in [-0.3, -0.25) is 4.31 Å². The fraction of sp³-hybridized carbons (Fsp3) is 0.304. The van der Waals surface area contributed by atoms with Gasteiger partial charge in [-0.2, -0.15) is 0 Å². The van der Waals surface area contributed by atoms with Crippen LogP contribution in [0.1, 0.15) is 18.4 Å². The van der Waals surface area contributed by atoms with Gasteiger partial charge in [-0.1, -0.05) is 11.9 Å². The van der Waals surface area contributed by atoms with Crippen LogP contribution in [-0.2, 0) is 0 Å². The van der Waals surface area contributed by atoms with Crippen LogP contribution < -0.4 is 10.1 Å². The lowest BCUT2D eigenvalue weighted by Gasteiger charge is -2.30. The normalized spacial score (nSPS) is 15.8. The Bertz CT molecular complexity index is 1150. The number of fused-ring (bicyclic) bond motifs is 1. The second kappa shape index (κ2) is 9.70. The Morgan fingerprint density at radius 2 is 2.06 bits per heavy atom. The summed E-state index contributed by atoms with van der Waals surface area (Å²) in [5.41, 5.74) is 2.87. The maximum absolute atomic E-state index is 14.2. The zero-order chi connectivity index (χ0) is 22.7. The molecule has 1 aliphatic rings. The average Bonchev–Trinajstić information content (AvgIpc) is 3.22. The first-order chi connectivity index (χ1) is 15.5. The van der Waals surface area contributed by atoms with Crippen molar-refractivity contribution < 1.29 is 13.5 Å². The highest BCUT2D eigenvalue weighted by atomic mass is 32.2. The molecule has 3 aromatic rings. The molecule has 0 spiro atoms. The van der Waals surface area contributed by atoms with Crippen LogP contribution in [0, 0.1) is 17.0 Å². The first kappa shape index (κ1) is 22.3. The highest BCUT2D eigenvalue weighted by Crippen LogP contribution is 2.37. The summed E-state index contributed by atoms with van der Waals surface area (Å²) in [6.45, 7) is 2.05. The van der Waals surface area contributed by atoms with Gasteiger partial charge in [-0.05, 0) is 31.2 Å². The van der Waals surface area contributed by atoms with Crippen molar-refractivity contribution >= 4 is 34.8 Å². The molecule has 4 rings (SSSR count). The van der Waals surface area contributed by atoms with E-state index < -0.39 is 11.6 Å². The minimum atomic E-state index is -0.766. The molecule has 1 aliphatic heterocycles. The Morgan fingerprint density at radius 3 is 2.75 bits per heavy atom. The van der Waals surface area contributed by atoms with Crippen molar-refractivity contribution in [3.05, 3.63) is 54.0 Å². The molecule has 0 unspecified atom stereocenters. The molecule has 0 atom stereocenters. The third-order valence-corrected chi connectivity index (χ3v) is 6.59. The van der Waals surface area contributed by atoms with E-state index in [-0.39, 0.29) is 5.75 Å². The molecule has 1 fully saturated rings. The molecule has 0 aliphatic carbocycles. The van der Waals surface area contributed by atoms with Crippen molar-refractivity contribution in [2.24, 2.45) is 0 Å². The lowest BCUT2D eigenvalue weighted by Crippen LogP contribution is -2.37. The van der Waals surface area contributed by atoms with Gasteiger partial charge in [0, 0.05) is 77.7 Å². The Balaban J connectivity index is 1.66. The fourth-order valence-electron chi connectivity index (χ4n) is 3.97. The summed E-state index contributed by atoms with van der Waals surface area (Å²) >= 11 is 1.77. The first-order valence-electron chi connectivity index (χ1n) is 10.3. The minimum Gasteiger partial charge on any atom is -0.493 e. The van der Waals surface area contributed by atoms with Crippen LogP contribution in [0.4, 0.5) is 8.78 Å². The number of aromatic nitrogens is 2. The van der Waals surface area contributed by atoms with Crippen LogP contribution in [0.5, 0.6) is 5.75 Å². The molecule has 6 nitrogen and oxygen atoms in total. The number of aromatic amines is 1. The zero-order valence-electron chi connectivity index (χ0n) is 17.9. The SMILES string of the molecule is COc1c(F)cc(F)cc1-c1c[nH]c2ncc(/C(C=N)=C/NC3CCN(SC)CC3)cc12. The van der Waals surface area contributed by atoms with Crippen LogP contribution >= 0.6 is 11.9 Å². The molecule has 3 heterocycles. The number of piperidine rings is 1. The van der Waals surface area contributed by atoms with E-state index in [1.54, 1.807) is 24.3 Å². The van der Waals surface area contributed by atoms with Crippen molar-refractivity contribution in [3.8, 4) is 16.9 Å². The summed E-state index contributed by atoms with van der Waals surface area (Å²) in [5.74, 6) is -1.48. The van der Waals surface area contributed by atoms with E-state index in [1.165, 1.54) is 19.4 Å². The van der Waals surface area contributed by atoms with E-state index in [0.717, 1.165) is 37.6 Å². The van der Waals surface area contributed by atoms with Crippen molar-refractivity contribution in [1.82, 2.24) is 19.6 Å². The van der Waals surface area contributed by atoms with E-state index in [1.807, 2.05) is 12.3 Å². The van der Waals surface area contributed by atoms with E-state index in [0.29, 0.717) is 33.8 Å². The maximum atomic E-state index is 14.2. The third kappa shape index (κ3) is 4.49. The number of hydrogen-bond donors (Lipinski definition) is 3. The summed E-state index contributed by atoms with van der Waals surface area (Å²) in [6, 6.07) is 4.26. The highest BCUT2D eigenvalue weighted by Gasteiger charge is 2.19. The molecular weight excluding hydrogens is 432 g/mol. The molecule has 0 radical (unpaired) electrons. The number of allylic oxidation sites excluding steroid dienone is 1. The van der Waals surface area contributed by atoms with Crippen LogP contribution in [0.3, 0.4) is 0 Å².